The Bertz CT molecular complexity index is 1280. The van der Waals surface area contributed by atoms with Gasteiger partial charge in [-0.25, -0.2) is 4.39 Å². The number of Topliss-reactive ketones (excluding diaryl/α,β-unsaturated/α-hetero) is 1. The van der Waals surface area contributed by atoms with Crippen molar-refractivity contribution >= 4 is 17.2 Å². The zero-order chi connectivity index (χ0) is 25.3. The molecule has 0 saturated heterocycles. The zero-order valence-electron chi connectivity index (χ0n) is 19.8. The van der Waals surface area contributed by atoms with Crippen molar-refractivity contribution in [2.75, 3.05) is 5.01 Å². The van der Waals surface area contributed by atoms with Crippen LogP contribution in [0.5, 0.6) is 0 Å². The molecule has 7 heteroatoms. The number of benzene rings is 3. The van der Waals surface area contributed by atoms with Crippen molar-refractivity contribution in [3.8, 4) is 11.1 Å². The molecule has 1 heterocycles. The number of ketones is 1. The van der Waals surface area contributed by atoms with Crippen LogP contribution in [-0.4, -0.2) is 23.7 Å². The SMILES string of the molecule is CC(=O)CC1CC(C(F)(F)F)=NN1c1ccc(Cc2ccc(-c3cc(C)ccc3F)c(C)c2)cc1. The summed E-state index contributed by atoms with van der Waals surface area (Å²) in [5, 5.41) is 5.09. The highest BCUT2D eigenvalue weighted by atomic mass is 19.4. The van der Waals surface area contributed by atoms with E-state index in [-0.39, 0.29) is 24.4 Å². The van der Waals surface area contributed by atoms with Crippen LogP contribution < -0.4 is 5.01 Å². The first-order valence-electron chi connectivity index (χ1n) is 11.4. The molecule has 3 nitrogen and oxygen atoms in total. The monoisotopic (exact) mass is 482 g/mol. The molecule has 1 aliphatic rings. The van der Waals surface area contributed by atoms with Crippen LogP contribution in [-0.2, 0) is 11.2 Å². The maximum Gasteiger partial charge on any atom is 0.431 e. The normalized spacial score (nSPS) is 15.9. The van der Waals surface area contributed by atoms with Gasteiger partial charge >= 0.3 is 6.18 Å². The third kappa shape index (κ3) is 5.61. The fourth-order valence-corrected chi connectivity index (χ4v) is 4.48. The van der Waals surface area contributed by atoms with Gasteiger partial charge in [0.05, 0.1) is 11.7 Å². The Morgan fingerprint density at radius 1 is 0.971 bits per heavy atom. The molecule has 0 spiro atoms. The Kier molecular flexibility index (Phi) is 6.79. The molecule has 0 radical (unpaired) electrons. The summed E-state index contributed by atoms with van der Waals surface area (Å²) in [7, 11) is 0. The Hall–Kier alpha value is -3.48. The van der Waals surface area contributed by atoms with E-state index in [1.54, 1.807) is 18.2 Å². The minimum Gasteiger partial charge on any atom is -0.300 e. The zero-order valence-corrected chi connectivity index (χ0v) is 19.8. The molecular formula is C28H26F4N2O. The summed E-state index contributed by atoms with van der Waals surface area (Å²) in [4.78, 5) is 11.6. The standard InChI is InChI=1S/C28H26F4N2O/c1-17-4-11-26(29)25(12-17)24-10-7-21(13-18(24)2)15-20-5-8-22(9-6-20)34-23(14-19(3)35)16-27(33-34)28(30,31)32/h4-13,23H,14-16H2,1-3H3. The minimum absolute atomic E-state index is 0.00199. The number of hydrazone groups is 1. The van der Waals surface area contributed by atoms with Crippen LogP contribution in [0.4, 0.5) is 23.2 Å². The Morgan fingerprint density at radius 2 is 1.66 bits per heavy atom. The lowest BCUT2D eigenvalue weighted by atomic mass is 9.95. The van der Waals surface area contributed by atoms with E-state index in [2.05, 4.69) is 5.10 Å². The van der Waals surface area contributed by atoms with Gasteiger partial charge in [-0.05, 0) is 73.7 Å². The topological polar surface area (TPSA) is 32.7 Å². The van der Waals surface area contributed by atoms with Crippen LogP contribution in [0.1, 0.15) is 42.0 Å². The summed E-state index contributed by atoms with van der Waals surface area (Å²) in [6, 6.07) is 17.5. The Balaban J connectivity index is 1.53. The van der Waals surface area contributed by atoms with Gasteiger partial charge < -0.3 is 0 Å². The second-order valence-electron chi connectivity index (χ2n) is 9.13. The summed E-state index contributed by atoms with van der Waals surface area (Å²) in [6.07, 6.45) is -4.21. The van der Waals surface area contributed by atoms with Gasteiger partial charge in [0.15, 0.2) is 0 Å². The number of nitrogens with zero attached hydrogens (tertiary/aromatic N) is 2. The van der Waals surface area contributed by atoms with Crippen LogP contribution in [0.25, 0.3) is 11.1 Å². The molecule has 0 saturated carbocycles. The summed E-state index contributed by atoms with van der Waals surface area (Å²) >= 11 is 0. The number of hydrogen-bond donors (Lipinski definition) is 0. The van der Waals surface area contributed by atoms with E-state index in [0.717, 1.165) is 27.8 Å². The smallest absolute Gasteiger partial charge is 0.300 e. The van der Waals surface area contributed by atoms with Crippen molar-refractivity contribution in [1.82, 2.24) is 0 Å². The lowest BCUT2D eigenvalue weighted by Crippen LogP contribution is -2.29. The van der Waals surface area contributed by atoms with Gasteiger partial charge in [-0.2, -0.15) is 18.3 Å². The van der Waals surface area contributed by atoms with Crippen molar-refractivity contribution in [2.24, 2.45) is 5.10 Å². The number of halogens is 4. The molecule has 0 fully saturated rings. The molecule has 0 aromatic heterocycles. The Morgan fingerprint density at radius 3 is 2.29 bits per heavy atom. The highest BCUT2D eigenvalue weighted by molar-refractivity contribution is 5.94. The molecule has 35 heavy (non-hydrogen) atoms. The van der Waals surface area contributed by atoms with E-state index in [4.69, 9.17) is 0 Å². The molecule has 1 unspecified atom stereocenters. The molecule has 0 aliphatic carbocycles. The number of carbonyl (C=O) groups is 1. The van der Waals surface area contributed by atoms with E-state index < -0.39 is 17.9 Å². The summed E-state index contributed by atoms with van der Waals surface area (Å²) < 4.78 is 54.0. The quantitative estimate of drug-likeness (QED) is 0.349. The molecule has 3 aromatic rings. The fourth-order valence-electron chi connectivity index (χ4n) is 4.48. The molecule has 0 N–H and O–H groups in total. The van der Waals surface area contributed by atoms with Gasteiger partial charge in [0.2, 0.25) is 0 Å². The molecule has 0 amide bonds. The molecule has 4 rings (SSSR count). The molecule has 1 aliphatic heterocycles. The van der Waals surface area contributed by atoms with E-state index in [0.29, 0.717) is 17.7 Å². The van der Waals surface area contributed by atoms with Crippen molar-refractivity contribution in [3.05, 3.63) is 88.7 Å². The summed E-state index contributed by atoms with van der Waals surface area (Å²) in [6.45, 7) is 5.24. The van der Waals surface area contributed by atoms with Crippen LogP contribution in [0.3, 0.4) is 0 Å². The number of rotatable bonds is 6. The fraction of sp³-hybridized carbons (Fsp3) is 0.286. The van der Waals surface area contributed by atoms with Crippen LogP contribution in [0.15, 0.2) is 65.8 Å². The first-order valence-corrected chi connectivity index (χ1v) is 11.4. The third-order valence-electron chi connectivity index (χ3n) is 6.17. The average molecular weight is 483 g/mol. The number of hydrogen-bond acceptors (Lipinski definition) is 3. The van der Waals surface area contributed by atoms with E-state index >= 15 is 0 Å². The van der Waals surface area contributed by atoms with E-state index in [1.807, 2.05) is 50.2 Å². The lowest BCUT2D eigenvalue weighted by molar-refractivity contribution is -0.117. The molecule has 1 atom stereocenters. The minimum atomic E-state index is -4.52. The average Bonchev–Trinajstić information content (AvgIpc) is 3.20. The molecule has 3 aromatic carbocycles. The van der Waals surface area contributed by atoms with Gasteiger partial charge in [-0.3, -0.25) is 9.80 Å². The summed E-state index contributed by atoms with van der Waals surface area (Å²) in [5.41, 5.74) is 5.03. The second kappa shape index (κ2) is 9.64. The molecular weight excluding hydrogens is 456 g/mol. The van der Waals surface area contributed by atoms with Gasteiger partial charge in [-0.15, -0.1) is 0 Å². The van der Waals surface area contributed by atoms with Crippen molar-refractivity contribution < 1.29 is 22.4 Å². The predicted molar refractivity (Wildman–Crippen MR) is 130 cm³/mol. The van der Waals surface area contributed by atoms with Gasteiger partial charge in [0, 0.05) is 18.4 Å². The van der Waals surface area contributed by atoms with E-state index in [1.165, 1.54) is 18.0 Å². The maximum absolute atomic E-state index is 14.3. The van der Waals surface area contributed by atoms with Crippen LogP contribution >= 0.6 is 0 Å². The highest BCUT2D eigenvalue weighted by Crippen LogP contribution is 2.33. The van der Waals surface area contributed by atoms with Crippen molar-refractivity contribution in [2.45, 2.75) is 52.3 Å². The predicted octanol–water partition coefficient (Wildman–Crippen LogP) is 7.18. The largest absolute Gasteiger partial charge is 0.431 e. The van der Waals surface area contributed by atoms with Crippen molar-refractivity contribution in [1.29, 1.82) is 0 Å². The van der Waals surface area contributed by atoms with Gasteiger partial charge in [0.25, 0.3) is 0 Å². The van der Waals surface area contributed by atoms with Gasteiger partial charge in [-0.1, -0.05) is 42.0 Å². The van der Waals surface area contributed by atoms with E-state index in [9.17, 15) is 22.4 Å². The van der Waals surface area contributed by atoms with Crippen molar-refractivity contribution in [3.63, 3.8) is 0 Å². The number of carbonyl (C=O) groups excluding carboxylic acids is 1. The lowest BCUT2D eigenvalue weighted by Gasteiger charge is -2.23. The number of aryl methyl sites for hydroxylation is 2. The number of alkyl halides is 3. The molecule has 0 bridgehead atoms. The van der Waals surface area contributed by atoms with Crippen LogP contribution in [0, 0.1) is 19.7 Å². The third-order valence-corrected chi connectivity index (χ3v) is 6.17. The number of anilines is 1. The highest BCUT2D eigenvalue weighted by Gasteiger charge is 2.43. The first-order chi connectivity index (χ1) is 16.5. The van der Waals surface area contributed by atoms with Crippen LogP contribution in [0.2, 0.25) is 0 Å². The van der Waals surface area contributed by atoms with Gasteiger partial charge in [0.1, 0.15) is 17.3 Å². The first kappa shape index (κ1) is 24.6. The maximum atomic E-state index is 14.3. The Labute approximate surface area is 202 Å². The molecule has 182 valence electrons. The summed E-state index contributed by atoms with van der Waals surface area (Å²) in [5.74, 6) is -0.442. The second-order valence-corrected chi connectivity index (χ2v) is 9.13.